The van der Waals surface area contributed by atoms with E-state index in [0.717, 1.165) is 16.7 Å². The number of carbonyl (C=O) groups excluding carboxylic acids is 2. The summed E-state index contributed by atoms with van der Waals surface area (Å²) in [5, 5.41) is 18.3. The summed E-state index contributed by atoms with van der Waals surface area (Å²) in [5.41, 5.74) is 6.73. The molecule has 7 nitrogen and oxygen atoms in total. The van der Waals surface area contributed by atoms with Crippen molar-refractivity contribution >= 4 is 23.2 Å². The quantitative estimate of drug-likeness (QED) is 0.348. The van der Waals surface area contributed by atoms with Gasteiger partial charge in [0.05, 0.1) is 23.0 Å². The van der Waals surface area contributed by atoms with E-state index >= 15 is 0 Å². The lowest BCUT2D eigenvalue weighted by atomic mass is 9.92. The zero-order valence-electron chi connectivity index (χ0n) is 19.0. The van der Waals surface area contributed by atoms with Crippen LogP contribution >= 0.6 is 0 Å². The van der Waals surface area contributed by atoms with Crippen LogP contribution in [0.4, 0.5) is 5.82 Å². The number of anilines is 1. The molecule has 2 aromatic carbocycles. The summed E-state index contributed by atoms with van der Waals surface area (Å²) in [5.74, 6) is -0.816. The third-order valence-corrected chi connectivity index (χ3v) is 5.86. The summed E-state index contributed by atoms with van der Waals surface area (Å²) in [7, 11) is 0. The first-order valence-electron chi connectivity index (χ1n) is 10.8. The predicted molar refractivity (Wildman–Crippen MR) is 126 cm³/mol. The lowest BCUT2D eigenvalue weighted by Crippen LogP contribution is -2.30. The molecule has 0 spiro atoms. The molecular formula is C26H26N4O3. The van der Waals surface area contributed by atoms with E-state index in [4.69, 9.17) is 0 Å². The van der Waals surface area contributed by atoms with Crippen LogP contribution in [0.3, 0.4) is 0 Å². The van der Waals surface area contributed by atoms with Crippen LogP contribution in [0.5, 0.6) is 0 Å². The maximum Gasteiger partial charge on any atom is 0.301 e. The zero-order valence-corrected chi connectivity index (χ0v) is 19.0. The smallest absolute Gasteiger partial charge is 0.291 e. The number of amides is 1. The largest absolute Gasteiger partial charge is 0.301 e. The van der Waals surface area contributed by atoms with Crippen molar-refractivity contribution in [3.63, 3.8) is 0 Å². The molecule has 0 radical (unpaired) electrons. The first-order chi connectivity index (χ1) is 15.8. The number of carbonyl (C=O) groups is 2. The van der Waals surface area contributed by atoms with Gasteiger partial charge in [-0.3, -0.25) is 25.2 Å². The van der Waals surface area contributed by atoms with Crippen molar-refractivity contribution in [1.82, 2.24) is 15.7 Å². The summed E-state index contributed by atoms with van der Waals surface area (Å²) in [4.78, 5) is 27.9. The molecule has 0 aliphatic carbocycles. The van der Waals surface area contributed by atoms with E-state index in [-0.39, 0.29) is 17.1 Å². The van der Waals surface area contributed by atoms with Gasteiger partial charge in [-0.05, 0) is 43.0 Å². The average molecular weight is 443 g/mol. The number of hydroxylamine groups is 1. The molecular weight excluding hydrogens is 416 g/mol. The number of aromatic nitrogens is 2. The van der Waals surface area contributed by atoms with E-state index in [1.807, 2.05) is 43.3 Å². The minimum Gasteiger partial charge on any atom is -0.291 e. The molecule has 1 aliphatic heterocycles. The van der Waals surface area contributed by atoms with Gasteiger partial charge in [0.15, 0.2) is 5.82 Å². The number of nitrogens with one attached hydrogen (secondary N) is 1. The van der Waals surface area contributed by atoms with E-state index in [1.54, 1.807) is 31.2 Å². The molecule has 2 N–H and O–H groups in total. The molecule has 1 aliphatic rings. The number of nitrogens with zero attached hydrogens (tertiary/aromatic N) is 3. The average Bonchev–Trinajstić information content (AvgIpc) is 3.07. The van der Waals surface area contributed by atoms with Crippen LogP contribution in [0.1, 0.15) is 53.8 Å². The molecule has 1 unspecified atom stereocenters. The fraction of sp³-hybridized carbons (Fsp3) is 0.231. The summed E-state index contributed by atoms with van der Waals surface area (Å²) < 4.78 is 0. The molecule has 168 valence electrons. The van der Waals surface area contributed by atoms with Gasteiger partial charge >= 0.3 is 5.91 Å². The highest BCUT2D eigenvalue weighted by Crippen LogP contribution is 2.41. The normalized spacial score (nSPS) is 17.6. The van der Waals surface area contributed by atoms with Gasteiger partial charge in [0, 0.05) is 5.56 Å². The van der Waals surface area contributed by atoms with Crippen molar-refractivity contribution in [3.05, 3.63) is 94.2 Å². The lowest BCUT2D eigenvalue weighted by molar-refractivity contribution is -0.132. The first kappa shape index (κ1) is 22.4. The van der Waals surface area contributed by atoms with Gasteiger partial charge in [-0.2, -0.15) is 5.10 Å². The second kappa shape index (κ2) is 8.96. The van der Waals surface area contributed by atoms with Crippen molar-refractivity contribution < 1.29 is 14.8 Å². The first-order valence-corrected chi connectivity index (χ1v) is 10.8. The second-order valence-corrected chi connectivity index (χ2v) is 8.53. The van der Waals surface area contributed by atoms with E-state index in [2.05, 4.69) is 29.5 Å². The van der Waals surface area contributed by atoms with Crippen LogP contribution in [-0.2, 0) is 9.59 Å². The molecule has 4 rings (SSSR count). The topological polar surface area (TPSA) is 95.4 Å². The minimum absolute atomic E-state index is 0.158. The molecule has 1 aromatic heterocycles. The van der Waals surface area contributed by atoms with E-state index in [0.29, 0.717) is 17.2 Å². The summed E-state index contributed by atoms with van der Waals surface area (Å²) in [6.07, 6.45) is 0. The monoisotopic (exact) mass is 442 g/mol. The van der Waals surface area contributed by atoms with Gasteiger partial charge in [-0.15, -0.1) is 5.10 Å². The Kier molecular flexibility index (Phi) is 6.07. The van der Waals surface area contributed by atoms with E-state index in [1.165, 1.54) is 4.90 Å². The molecule has 0 saturated carbocycles. The van der Waals surface area contributed by atoms with Crippen molar-refractivity contribution in [1.29, 1.82) is 0 Å². The molecule has 1 amide bonds. The Bertz CT molecular complexity index is 1210. The highest BCUT2D eigenvalue weighted by atomic mass is 16.5. The third-order valence-electron chi connectivity index (χ3n) is 5.86. The molecule has 33 heavy (non-hydrogen) atoms. The van der Waals surface area contributed by atoms with Gasteiger partial charge in [0.2, 0.25) is 0 Å². The molecule has 0 bridgehead atoms. The Balaban J connectivity index is 1.95. The maximum atomic E-state index is 13.3. The second-order valence-electron chi connectivity index (χ2n) is 8.53. The van der Waals surface area contributed by atoms with Gasteiger partial charge < -0.3 is 0 Å². The fourth-order valence-corrected chi connectivity index (χ4v) is 3.98. The van der Waals surface area contributed by atoms with Crippen LogP contribution in [0, 0.1) is 13.8 Å². The Morgan fingerprint density at radius 2 is 1.61 bits per heavy atom. The standard InChI is InChI=1S/C26H26N4O3/c1-15(2)18-10-12-20(13-11-18)24-22(23(29-33)19-8-5-16(3)6-9-19)25(31)26(32)30(24)21-14-7-17(4)27-28-21/h5-15,24,29,33H,1-4H3. The number of benzene rings is 2. The van der Waals surface area contributed by atoms with Crippen LogP contribution in [-0.4, -0.2) is 27.1 Å². The van der Waals surface area contributed by atoms with Crippen LogP contribution < -0.4 is 10.4 Å². The predicted octanol–water partition coefficient (Wildman–Crippen LogP) is 4.26. The maximum absolute atomic E-state index is 13.3. The highest BCUT2D eigenvalue weighted by Gasteiger charge is 2.47. The molecule has 1 atom stereocenters. The Morgan fingerprint density at radius 3 is 2.15 bits per heavy atom. The van der Waals surface area contributed by atoms with Gasteiger partial charge in [-0.25, -0.2) is 0 Å². The van der Waals surface area contributed by atoms with Crippen molar-refractivity contribution in [3.8, 4) is 0 Å². The number of aryl methyl sites for hydroxylation is 2. The highest BCUT2D eigenvalue weighted by molar-refractivity contribution is 6.51. The van der Waals surface area contributed by atoms with Gasteiger partial charge in [0.1, 0.15) is 0 Å². The third kappa shape index (κ3) is 4.15. The summed E-state index contributed by atoms with van der Waals surface area (Å²) >= 11 is 0. The number of Topliss-reactive ketones (excluding diaryl/α,β-unsaturated/α-hetero) is 1. The Hall–Kier alpha value is -3.84. The SMILES string of the molecule is Cc1ccc(C(NO)=C2C(=O)C(=O)N(c3ccc(C)nn3)C2c2ccc(C(C)C)cc2)cc1. The lowest BCUT2D eigenvalue weighted by Gasteiger charge is -2.25. The summed E-state index contributed by atoms with van der Waals surface area (Å²) in [6, 6.07) is 17.8. The van der Waals surface area contributed by atoms with Gasteiger partial charge in [0.25, 0.3) is 5.78 Å². The van der Waals surface area contributed by atoms with E-state index < -0.39 is 17.7 Å². The van der Waals surface area contributed by atoms with Crippen LogP contribution in [0.15, 0.2) is 66.2 Å². The number of ketones is 1. The molecule has 1 fully saturated rings. The number of hydrogen-bond donors (Lipinski definition) is 2. The van der Waals surface area contributed by atoms with Crippen LogP contribution in [0.25, 0.3) is 5.70 Å². The van der Waals surface area contributed by atoms with Gasteiger partial charge in [-0.1, -0.05) is 67.9 Å². The summed E-state index contributed by atoms with van der Waals surface area (Å²) in [6.45, 7) is 7.95. The molecule has 1 saturated heterocycles. The zero-order chi connectivity index (χ0) is 23.7. The Morgan fingerprint density at radius 1 is 0.939 bits per heavy atom. The fourth-order valence-electron chi connectivity index (χ4n) is 3.98. The van der Waals surface area contributed by atoms with E-state index in [9.17, 15) is 14.8 Å². The number of hydrogen-bond acceptors (Lipinski definition) is 6. The Labute approximate surface area is 192 Å². The van der Waals surface area contributed by atoms with Crippen LogP contribution in [0.2, 0.25) is 0 Å². The van der Waals surface area contributed by atoms with Crippen molar-refractivity contribution in [2.75, 3.05) is 4.90 Å². The minimum atomic E-state index is -0.779. The van der Waals surface area contributed by atoms with Crippen molar-refractivity contribution in [2.45, 2.75) is 39.7 Å². The number of rotatable bonds is 5. The molecule has 2 heterocycles. The molecule has 7 heteroatoms. The molecule has 3 aromatic rings. The van der Waals surface area contributed by atoms with Crippen molar-refractivity contribution in [2.24, 2.45) is 0 Å².